The van der Waals surface area contributed by atoms with Crippen LogP contribution in [0.5, 0.6) is 0 Å². The molecule has 0 radical (unpaired) electrons. The molecular formula is C25H16BrNO2. The second-order valence-electron chi connectivity index (χ2n) is 7.16. The molecule has 0 unspecified atom stereocenters. The van der Waals surface area contributed by atoms with E-state index in [2.05, 4.69) is 34.3 Å². The molecule has 0 aliphatic carbocycles. The van der Waals surface area contributed by atoms with E-state index >= 15 is 0 Å². The van der Waals surface area contributed by atoms with Gasteiger partial charge in [-0.15, -0.1) is 0 Å². The fraction of sp³-hybridized carbons (Fsp3) is 0.0400. The van der Waals surface area contributed by atoms with E-state index in [1.165, 1.54) is 0 Å². The summed E-state index contributed by atoms with van der Waals surface area (Å²) in [7, 11) is 0. The molecule has 0 aliphatic rings. The number of fused-ring (bicyclic) bond motifs is 4. The Hall–Kier alpha value is -3.24. The van der Waals surface area contributed by atoms with E-state index in [0.717, 1.165) is 21.5 Å². The van der Waals surface area contributed by atoms with Crippen LogP contribution in [-0.4, -0.2) is 9.38 Å². The number of carbonyl (C=O) groups excluding carboxylic acids is 1. The van der Waals surface area contributed by atoms with Crippen molar-refractivity contribution in [3.63, 3.8) is 0 Å². The summed E-state index contributed by atoms with van der Waals surface area (Å²) in [4.78, 5) is 26.5. The largest absolute Gasteiger partial charge is 0.289 e. The lowest BCUT2D eigenvalue weighted by molar-refractivity contribution is 0.103. The van der Waals surface area contributed by atoms with Crippen molar-refractivity contribution < 1.29 is 4.79 Å². The van der Waals surface area contributed by atoms with Gasteiger partial charge < -0.3 is 0 Å². The normalized spacial score (nSPS) is 11.4. The van der Waals surface area contributed by atoms with Crippen LogP contribution >= 0.6 is 16.1 Å². The van der Waals surface area contributed by atoms with Gasteiger partial charge in [-0.25, -0.2) is 0 Å². The first kappa shape index (κ1) is 17.8. The molecule has 1 heterocycles. The number of carbonyl (C=O) groups is 1. The number of pyridine rings is 1. The zero-order chi connectivity index (χ0) is 20.1. The second-order valence-corrected chi connectivity index (χ2v) is 7.87. The molecule has 0 saturated carbocycles. The third-order valence-electron chi connectivity index (χ3n) is 5.45. The lowest BCUT2D eigenvalue weighted by atomic mass is 9.97. The monoisotopic (exact) mass is 441 g/mol. The zero-order valence-corrected chi connectivity index (χ0v) is 17.2. The lowest BCUT2D eigenvalue weighted by Gasteiger charge is -2.15. The molecular weight excluding hydrogens is 426 g/mol. The maximum absolute atomic E-state index is 13.4. The van der Waals surface area contributed by atoms with Gasteiger partial charge in [-0.1, -0.05) is 60.7 Å². The summed E-state index contributed by atoms with van der Waals surface area (Å²) in [5.41, 5.74) is 1.91. The molecule has 0 aliphatic heterocycles. The topological polar surface area (TPSA) is 39.1 Å². The molecule has 0 N–H and O–H groups in total. The summed E-state index contributed by atoms with van der Waals surface area (Å²) >= 11 is 3.56. The molecule has 4 heteroatoms. The van der Waals surface area contributed by atoms with E-state index in [1.54, 1.807) is 22.6 Å². The van der Waals surface area contributed by atoms with Gasteiger partial charge in [0.05, 0.1) is 27.1 Å². The average Bonchev–Trinajstić information content (AvgIpc) is 2.76. The quantitative estimate of drug-likeness (QED) is 0.191. The van der Waals surface area contributed by atoms with Crippen molar-refractivity contribution in [2.45, 2.75) is 6.92 Å². The first-order valence-electron chi connectivity index (χ1n) is 9.33. The number of aromatic nitrogens is 1. The van der Waals surface area contributed by atoms with Crippen LogP contribution in [0, 0.1) is 6.92 Å². The first-order valence-corrected chi connectivity index (χ1v) is 10.0. The Bertz CT molecular complexity index is 1500. The molecule has 3 nitrogen and oxygen atoms in total. The van der Waals surface area contributed by atoms with Crippen LogP contribution in [0.1, 0.15) is 21.6 Å². The maximum atomic E-state index is 13.4. The molecule has 140 valence electrons. The molecule has 0 fully saturated rings. The van der Waals surface area contributed by atoms with Crippen molar-refractivity contribution in [1.82, 2.24) is 3.59 Å². The second kappa shape index (κ2) is 6.68. The van der Waals surface area contributed by atoms with E-state index < -0.39 is 0 Å². The highest BCUT2D eigenvalue weighted by molar-refractivity contribution is 9.08. The number of hydrogen-bond donors (Lipinski definition) is 0. The Morgan fingerprint density at radius 2 is 1.48 bits per heavy atom. The number of hydrogen-bond acceptors (Lipinski definition) is 2. The summed E-state index contributed by atoms with van der Waals surface area (Å²) < 4.78 is 1.67. The molecule has 29 heavy (non-hydrogen) atoms. The minimum atomic E-state index is -0.183. The van der Waals surface area contributed by atoms with Gasteiger partial charge in [0.2, 0.25) is 5.78 Å². The third kappa shape index (κ3) is 2.71. The van der Waals surface area contributed by atoms with Gasteiger partial charge in [-0.3, -0.25) is 13.2 Å². The Balaban J connectivity index is 1.88. The van der Waals surface area contributed by atoms with Gasteiger partial charge in [-0.05, 0) is 46.7 Å². The van der Waals surface area contributed by atoms with Crippen molar-refractivity contribution in [3.8, 4) is 0 Å². The zero-order valence-electron chi connectivity index (χ0n) is 15.6. The van der Waals surface area contributed by atoms with E-state index in [9.17, 15) is 9.59 Å². The van der Waals surface area contributed by atoms with Gasteiger partial charge in [0.15, 0.2) is 5.43 Å². The van der Waals surface area contributed by atoms with E-state index in [0.29, 0.717) is 27.7 Å². The molecule has 5 aromatic rings. The third-order valence-corrected chi connectivity index (χ3v) is 6.18. The number of nitrogens with zero attached hydrogens (tertiary/aromatic N) is 1. The summed E-state index contributed by atoms with van der Waals surface area (Å²) in [5.74, 6) is -0.183. The molecule has 0 bridgehead atoms. The van der Waals surface area contributed by atoms with Crippen LogP contribution in [0.4, 0.5) is 0 Å². The van der Waals surface area contributed by atoms with Crippen molar-refractivity contribution in [3.05, 3.63) is 106 Å². The number of benzene rings is 4. The summed E-state index contributed by atoms with van der Waals surface area (Å²) in [5, 5.41) is 4.72. The van der Waals surface area contributed by atoms with Gasteiger partial charge in [0, 0.05) is 11.1 Å². The minimum absolute atomic E-state index is 0.115. The Morgan fingerprint density at radius 3 is 2.21 bits per heavy atom. The van der Waals surface area contributed by atoms with Crippen LogP contribution in [0.15, 0.2) is 83.7 Å². The summed E-state index contributed by atoms with van der Waals surface area (Å²) in [6.07, 6.45) is 0. The smallest absolute Gasteiger partial charge is 0.210 e. The van der Waals surface area contributed by atoms with Crippen LogP contribution in [-0.2, 0) is 0 Å². The average molecular weight is 442 g/mol. The molecule has 0 saturated heterocycles. The SMILES string of the molecule is Cc1c(C(=O)c2ccccc2)n(Br)c2ccc3cc4ccccc4cc3c2c1=O. The summed E-state index contributed by atoms with van der Waals surface area (Å²) in [6.45, 7) is 1.72. The van der Waals surface area contributed by atoms with Crippen LogP contribution in [0.2, 0.25) is 0 Å². The van der Waals surface area contributed by atoms with Crippen molar-refractivity contribution in [2.75, 3.05) is 0 Å². The highest BCUT2D eigenvalue weighted by atomic mass is 79.9. The molecule has 5 rings (SSSR count). The van der Waals surface area contributed by atoms with E-state index in [1.807, 2.05) is 48.5 Å². The van der Waals surface area contributed by atoms with E-state index in [4.69, 9.17) is 0 Å². The molecule has 0 amide bonds. The molecule has 0 atom stereocenters. The van der Waals surface area contributed by atoms with Crippen molar-refractivity contribution in [1.29, 1.82) is 0 Å². The minimum Gasteiger partial charge on any atom is -0.289 e. The molecule has 0 spiro atoms. The number of ketones is 1. The summed E-state index contributed by atoms with van der Waals surface area (Å²) in [6, 6.07) is 25.2. The van der Waals surface area contributed by atoms with Crippen LogP contribution < -0.4 is 5.43 Å². The lowest BCUT2D eigenvalue weighted by Crippen LogP contribution is -2.19. The maximum Gasteiger partial charge on any atom is 0.210 e. The molecule has 4 aromatic carbocycles. The standard InChI is InChI=1S/C25H16BrNO2/c1-15-23(25(29)16-7-3-2-4-8-16)27(26)21-12-11-19-13-17-9-5-6-10-18(17)14-20(19)22(21)24(15)28/h2-14H,1H3. The van der Waals surface area contributed by atoms with Crippen LogP contribution in [0.3, 0.4) is 0 Å². The van der Waals surface area contributed by atoms with Gasteiger partial charge in [0.25, 0.3) is 0 Å². The van der Waals surface area contributed by atoms with Gasteiger partial charge >= 0.3 is 0 Å². The predicted octanol–water partition coefficient (Wildman–Crippen LogP) is 6.01. The fourth-order valence-electron chi connectivity index (χ4n) is 3.95. The van der Waals surface area contributed by atoms with Gasteiger partial charge in [0.1, 0.15) is 5.69 Å². The Morgan fingerprint density at radius 1 is 0.828 bits per heavy atom. The first-order chi connectivity index (χ1) is 14.1. The predicted molar refractivity (Wildman–Crippen MR) is 122 cm³/mol. The van der Waals surface area contributed by atoms with Crippen LogP contribution in [0.25, 0.3) is 32.4 Å². The highest BCUT2D eigenvalue weighted by Gasteiger charge is 2.21. The molecule has 1 aromatic heterocycles. The van der Waals surface area contributed by atoms with Crippen molar-refractivity contribution in [2.24, 2.45) is 0 Å². The number of rotatable bonds is 2. The fourth-order valence-corrected chi connectivity index (χ4v) is 4.68. The van der Waals surface area contributed by atoms with Gasteiger partial charge in [-0.2, -0.15) is 0 Å². The van der Waals surface area contributed by atoms with Crippen molar-refractivity contribution >= 4 is 54.4 Å². The Labute approximate surface area is 175 Å². The number of halogens is 1. The Kier molecular flexibility index (Phi) is 4.10. The van der Waals surface area contributed by atoms with E-state index in [-0.39, 0.29) is 11.2 Å². The highest BCUT2D eigenvalue weighted by Crippen LogP contribution is 2.30.